The van der Waals surface area contributed by atoms with E-state index in [2.05, 4.69) is 10.6 Å². The monoisotopic (exact) mass is 465 g/mol. The first-order valence-electron chi connectivity index (χ1n) is 10.6. The van der Waals surface area contributed by atoms with E-state index in [4.69, 9.17) is 0 Å². The van der Waals surface area contributed by atoms with Gasteiger partial charge in [-0.25, -0.2) is 8.42 Å². The van der Waals surface area contributed by atoms with Gasteiger partial charge in [0, 0.05) is 19.2 Å². The van der Waals surface area contributed by atoms with E-state index in [1.165, 1.54) is 11.4 Å². The lowest BCUT2D eigenvalue weighted by molar-refractivity contribution is 0.0954. The topological polar surface area (TPSA) is 95.6 Å². The van der Waals surface area contributed by atoms with Crippen LogP contribution in [0.5, 0.6) is 0 Å². The van der Waals surface area contributed by atoms with Crippen molar-refractivity contribution < 1.29 is 18.0 Å². The fourth-order valence-electron chi connectivity index (χ4n) is 3.15. The van der Waals surface area contributed by atoms with Crippen LogP contribution in [0, 0.1) is 6.92 Å². The molecule has 0 bridgehead atoms. The molecule has 0 aromatic heterocycles. The standard InChI is InChI=1S/C25H27N3O4S/c1-4-17-26-25(30)22-7-5-6-8-23(22)27-24(29)19-11-13-20(14-12-19)28(3)33(31,32)21-15-9-18(2)10-16-21/h5-16H,4,17H2,1-3H3,(H,26,30)(H,27,29). The number of hydrogen-bond acceptors (Lipinski definition) is 4. The fraction of sp³-hybridized carbons (Fsp3) is 0.200. The number of anilines is 2. The molecule has 0 aliphatic carbocycles. The van der Waals surface area contributed by atoms with Gasteiger partial charge in [0.2, 0.25) is 0 Å². The summed E-state index contributed by atoms with van der Waals surface area (Å²) >= 11 is 0. The number of sulfonamides is 1. The lowest BCUT2D eigenvalue weighted by Gasteiger charge is -2.20. The van der Waals surface area contributed by atoms with Crippen LogP contribution in [-0.2, 0) is 10.0 Å². The molecule has 7 nitrogen and oxygen atoms in total. The average Bonchev–Trinajstić information content (AvgIpc) is 2.82. The number of hydrogen-bond donors (Lipinski definition) is 2. The average molecular weight is 466 g/mol. The van der Waals surface area contributed by atoms with Crippen molar-refractivity contribution in [2.75, 3.05) is 23.2 Å². The van der Waals surface area contributed by atoms with E-state index in [0.717, 1.165) is 12.0 Å². The summed E-state index contributed by atoms with van der Waals surface area (Å²) in [7, 11) is -2.26. The first-order chi connectivity index (χ1) is 15.7. The van der Waals surface area contributed by atoms with Gasteiger partial charge in [0.1, 0.15) is 0 Å². The number of rotatable bonds is 8. The summed E-state index contributed by atoms with van der Waals surface area (Å²) < 4.78 is 27.0. The minimum absolute atomic E-state index is 0.190. The number of amides is 2. The van der Waals surface area contributed by atoms with Crippen LogP contribution in [0.4, 0.5) is 11.4 Å². The van der Waals surface area contributed by atoms with E-state index in [-0.39, 0.29) is 10.8 Å². The lowest BCUT2D eigenvalue weighted by Crippen LogP contribution is -2.26. The van der Waals surface area contributed by atoms with E-state index < -0.39 is 15.9 Å². The fourth-order valence-corrected chi connectivity index (χ4v) is 4.34. The lowest BCUT2D eigenvalue weighted by atomic mass is 10.1. The van der Waals surface area contributed by atoms with Crippen molar-refractivity contribution in [1.82, 2.24) is 5.32 Å². The van der Waals surface area contributed by atoms with Gasteiger partial charge in [-0.3, -0.25) is 13.9 Å². The SMILES string of the molecule is CCCNC(=O)c1ccccc1NC(=O)c1ccc(N(C)S(=O)(=O)c2ccc(C)cc2)cc1. The van der Waals surface area contributed by atoms with Gasteiger partial charge < -0.3 is 10.6 Å². The molecule has 3 aromatic carbocycles. The van der Waals surface area contributed by atoms with Crippen LogP contribution >= 0.6 is 0 Å². The second kappa shape index (κ2) is 10.3. The van der Waals surface area contributed by atoms with Gasteiger partial charge >= 0.3 is 0 Å². The predicted octanol–water partition coefficient (Wildman–Crippen LogP) is 4.21. The molecule has 172 valence electrons. The highest BCUT2D eigenvalue weighted by atomic mass is 32.2. The molecule has 2 N–H and O–H groups in total. The number of carbonyl (C=O) groups is 2. The Hall–Kier alpha value is -3.65. The minimum atomic E-state index is -3.73. The molecular weight excluding hydrogens is 438 g/mol. The second-order valence-corrected chi connectivity index (χ2v) is 9.56. The van der Waals surface area contributed by atoms with E-state index in [1.54, 1.807) is 72.8 Å². The number of carbonyl (C=O) groups excluding carboxylic acids is 2. The molecule has 2 amide bonds. The third-order valence-electron chi connectivity index (χ3n) is 5.13. The number of nitrogens with zero attached hydrogens (tertiary/aromatic N) is 1. The second-order valence-electron chi connectivity index (χ2n) is 7.59. The van der Waals surface area contributed by atoms with Crippen molar-refractivity contribution in [1.29, 1.82) is 0 Å². The van der Waals surface area contributed by atoms with Crippen LogP contribution in [0.15, 0.2) is 77.7 Å². The molecule has 33 heavy (non-hydrogen) atoms. The highest BCUT2D eigenvalue weighted by Gasteiger charge is 2.21. The number of nitrogens with one attached hydrogen (secondary N) is 2. The molecule has 0 heterocycles. The van der Waals surface area contributed by atoms with Crippen LogP contribution in [0.25, 0.3) is 0 Å². The number of benzene rings is 3. The quantitative estimate of drug-likeness (QED) is 0.521. The Kier molecular flexibility index (Phi) is 7.50. The summed E-state index contributed by atoms with van der Waals surface area (Å²) in [5.74, 6) is -0.660. The van der Waals surface area contributed by atoms with Gasteiger partial charge in [-0.2, -0.15) is 0 Å². The smallest absolute Gasteiger partial charge is 0.264 e. The Morgan fingerprint density at radius 2 is 1.52 bits per heavy atom. The molecule has 3 rings (SSSR count). The van der Waals surface area contributed by atoms with Crippen LogP contribution in [-0.4, -0.2) is 33.8 Å². The molecule has 0 spiro atoms. The Labute approximate surface area is 194 Å². The molecule has 8 heteroatoms. The Morgan fingerprint density at radius 3 is 2.15 bits per heavy atom. The Bertz CT molecular complexity index is 1240. The van der Waals surface area contributed by atoms with Crippen molar-refractivity contribution in [3.8, 4) is 0 Å². The molecular formula is C25H27N3O4S. The van der Waals surface area contributed by atoms with Crippen molar-refractivity contribution >= 4 is 33.2 Å². The minimum Gasteiger partial charge on any atom is -0.352 e. The zero-order valence-electron chi connectivity index (χ0n) is 18.8. The normalized spacial score (nSPS) is 11.0. The maximum Gasteiger partial charge on any atom is 0.264 e. The molecule has 0 atom stereocenters. The zero-order valence-corrected chi connectivity index (χ0v) is 19.6. The Morgan fingerprint density at radius 1 is 0.879 bits per heavy atom. The van der Waals surface area contributed by atoms with Gasteiger partial charge in [0.15, 0.2) is 0 Å². The van der Waals surface area contributed by atoms with Crippen LogP contribution in [0.3, 0.4) is 0 Å². The summed E-state index contributed by atoms with van der Waals surface area (Å²) in [5.41, 5.74) is 2.51. The first kappa shape index (κ1) is 24.0. The van der Waals surface area contributed by atoms with Crippen LogP contribution in [0.1, 0.15) is 39.6 Å². The molecule has 0 aliphatic rings. The van der Waals surface area contributed by atoms with Crippen molar-refractivity contribution in [3.63, 3.8) is 0 Å². The molecule has 0 saturated carbocycles. The third kappa shape index (κ3) is 5.59. The number of para-hydroxylation sites is 1. The molecule has 0 radical (unpaired) electrons. The van der Waals surface area contributed by atoms with Crippen LogP contribution in [0.2, 0.25) is 0 Å². The summed E-state index contributed by atoms with van der Waals surface area (Å²) in [6, 6.07) is 19.6. The highest BCUT2D eigenvalue weighted by Crippen LogP contribution is 2.23. The van der Waals surface area contributed by atoms with Crippen molar-refractivity contribution in [3.05, 3.63) is 89.5 Å². The molecule has 0 saturated heterocycles. The van der Waals surface area contributed by atoms with E-state index in [1.807, 2.05) is 13.8 Å². The molecule has 0 fully saturated rings. The van der Waals surface area contributed by atoms with E-state index in [9.17, 15) is 18.0 Å². The van der Waals surface area contributed by atoms with Gasteiger partial charge in [-0.1, -0.05) is 36.8 Å². The van der Waals surface area contributed by atoms with Gasteiger partial charge in [0.05, 0.1) is 21.8 Å². The molecule has 0 aliphatic heterocycles. The maximum atomic E-state index is 12.9. The molecule has 0 unspecified atom stereocenters. The summed E-state index contributed by atoms with van der Waals surface area (Å²) in [6.45, 7) is 4.39. The van der Waals surface area contributed by atoms with Crippen molar-refractivity contribution in [2.45, 2.75) is 25.2 Å². The van der Waals surface area contributed by atoms with Gasteiger partial charge in [0.25, 0.3) is 21.8 Å². The highest BCUT2D eigenvalue weighted by molar-refractivity contribution is 7.92. The van der Waals surface area contributed by atoms with Gasteiger partial charge in [-0.05, 0) is 61.9 Å². The third-order valence-corrected chi connectivity index (χ3v) is 6.93. The van der Waals surface area contributed by atoms with Crippen molar-refractivity contribution in [2.24, 2.45) is 0 Å². The summed E-state index contributed by atoms with van der Waals surface area (Å²) in [4.78, 5) is 25.3. The predicted molar refractivity (Wildman–Crippen MR) is 130 cm³/mol. The number of aryl methyl sites for hydroxylation is 1. The van der Waals surface area contributed by atoms with E-state index >= 15 is 0 Å². The van der Waals surface area contributed by atoms with E-state index in [0.29, 0.717) is 29.0 Å². The first-order valence-corrected chi connectivity index (χ1v) is 12.0. The van der Waals surface area contributed by atoms with Crippen LogP contribution < -0.4 is 14.9 Å². The summed E-state index contributed by atoms with van der Waals surface area (Å²) in [6.07, 6.45) is 0.806. The largest absolute Gasteiger partial charge is 0.352 e. The molecule has 3 aromatic rings. The van der Waals surface area contributed by atoms with Gasteiger partial charge in [-0.15, -0.1) is 0 Å². The zero-order chi connectivity index (χ0) is 24.0. The maximum absolute atomic E-state index is 12.9. The Balaban J connectivity index is 1.76. The summed E-state index contributed by atoms with van der Waals surface area (Å²) in [5, 5.41) is 5.56.